The summed E-state index contributed by atoms with van der Waals surface area (Å²) in [6, 6.07) is 12.7. The van der Waals surface area contributed by atoms with Crippen molar-refractivity contribution in [2.45, 2.75) is 26.7 Å². The highest BCUT2D eigenvalue weighted by atomic mass is 16.5. The number of anilines is 2. The van der Waals surface area contributed by atoms with Crippen molar-refractivity contribution < 1.29 is 9.32 Å². The first kappa shape index (κ1) is 17.6. The molecule has 2 heterocycles. The predicted molar refractivity (Wildman–Crippen MR) is 99.2 cm³/mol. The Morgan fingerprint density at radius 2 is 1.88 bits per heavy atom. The normalized spacial score (nSPS) is 10.5. The Morgan fingerprint density at radius 1 is 1.08 bits per heavy atom. The zero-order valence-electron chi connectivity index (χ0n) is 14.8. The molecule has 7 heteroatoms. The average molecular weight is 351 g/mol. The fraction of sp³-hybridized carbons (Fsp3) is 0.263. The van der Waals surface area contributed by atoms with Crippen molar-refractivity contribution >= 4 is 17.4 Å². The monoisotopic (exact) mass is 351 g/mol. The van der Waals surface area contributed by atoms with Gasteiger partial charge in [-0.05, 0) is 51.0 Å². The van der Waals surface area contributed by atoms with E-state index in [1.807, 2.05) is 44.2 Å². The van der Waals surface area contributed by atoms with Crippen molar-refractivity contribution in [2.24, 2.45) is 0 Å². The van der Waals surface area contributed by atoms with Gasteiger partial charge in [-0.15, -0.1) is 10.2 Å². The molecule has 2 N–H and O–H groups in total. The number of carbonyl (C=O) groups is 1. The van der Waals surface area contributed by atoms with E-state index in [4.69, 9.17) is 4.52 Å². The predicted octanol–water partition coefficient (Wildman–Crippen LogP) is 3.38. The number of carbonyl (C=O) groups excluding carboxylic acids is 1. The first-order chi connectivity index (χ1) is 12.6. The molecule has 0 radical (unpaired) electrons. The van der Waals surface area contributed by atoms with Crippen LogP contribution >= 0.6 is 0 Å². The first-order valence-corrected chi connectivity index (χ1v) is 8.49. The van der Waals surface area contributed by atoms with E-state index in [-0.39, 0.29) is 11.6 Å². The molecule has 0 fully saturated rings. The second-order valence-electron chi connectivity index (χ2n) is 5.96. The molecule has 0 saturated heterocycles. The van der Waals surface area contributed by atoms with Crippen LogP contribution in [0.3, 0.4) is 0 Å². The third-order valence-corrected chi connectivity index (χ3v) is 4.02. The number of nitrogens with one attached hydrogen (secondary N) is 2. The fourth-order valence-corrected chi connectivity index (χ4v) is 2.60. The topological polar surface area (TPSA) is 92.9 Å². The number of nitrogens with zero attached hydrogens (tertiary/aromatic N) is 3. The molecule has 0 unspecified atom stereocenters. The van der Waals surface area contributed by atoms with Crippen LogP contribution in [0.25, 0.3) is 0 Å². The van der Waals surface area contributed by atoms with Gasteiger partial charge in [0, 0.05) is 17.8 Å². The van der Waals surface area contributed by atoms with Gasteiger partial charge in [-0.1, -0.05) is 23.4 Å². The van der Waals surface area contributed by atoms with Crippen LogP contribution in [0.1, 0.15) is 33.9 Å². The fourth-order valence-electron chi connectivity index (χ4n) is 2.60. The summed E-state index contributed by atoms with van der Waals surface area (Å²) in [4.78, 5) is 12.1. The van der Waals surface area contributed by atoms with Gasteiger partial charge < -0.3 is 15.2 Å². The van der Waals surface area contributed by atoms with Crippen molar-refractivity contribution in [1.82, 2.24) is 15.4 Å². The second-order valence-corrected chi connectivity index (χ2v) is 5.96. The third-order valence-electron chi connectivity index (χ3n) is 4.02. The number of rotatable bonds is 7. The minimum atomic E-state index is -0.284. The van der Waals surface area contributed by atoms with E-state index >= 15 is 0 Å². The number of aromatic nitrogens is 3. The van der Waals surface area contributed by atoms with Gasteiger partial charge >= 0.3 is 0 Å². The highest BCUT2D eigenvalue weighted by molar-refractivity contribution is 6.02. The molecule has 3 aromatic rings. The summed E-state index contributed by atoms with van der Waals surface area (Å²) in [6.07, 6.45) is 1.81. The number of aryl methyl sites for hydroxylation is 2. The van der Waals surface area contributed by atoms with E-state index in [1.165, 1.54) is 0 Å². The lowest BCUT2D eigenvalue weighted by molar-refractivity contribution is 0.102. The molecule has 1 amide bonds. The number of para-hydroxylation sites is 1. The molecular weight excluding hydrogens is 330 g/mol. The number of amides is 1. The Balaban J connectivity index is 1.47. The zero-order chi connectivity index (χ0) is 18.4. The Morgan fingerprint density at radius 3 is 2.54 bits per heavy atom. The van der Waals surface area contributed by atoms with Crippen molar-refractivity contribution in [1.29, 1.82) is 0 Å². The molecule has 0 saturated carbocycles. The van der Waals surface area contributed by atoms with E-state index in [9.17, 15) is 4.79 Å². The molecule has 0 aliphatic heterocycles. The van der Waals surface area contributed by atoms with Crippen LogP contribution in [0, 0.1) is 13.8 Å². The second kappa shape index (κ2) is 8.24. The van der Waals surface area contributed by atoms with E-state index in [1.54, 1.807) is 12.1 Å². The molecule has 2 aromatic heterocycles. The van der Waals surface area contributed by atoms with Crippen molar-refractivity contribution in [2.75, 3.05) is 17.2 Å². The minimum absolute atomic E-state index is 0.273. The molecule has 1 aromatic carbocycles. The summed E-state index contributed by atoms with van der Waals surface area (Å²) in [5.41, 5.74) is 3.10. The summed E-state index contributed by atoms with van der Waals surface area (Å²) >= 11 is 0. The molecular formula is C19H21N5O2. The number of hydrogen-bond acceptors (Lipinski definition) is 6. The van der Waals surface area contributed by atoms with Gasteiger partial charge in [0.2, 0.25) is 0 Å². The molecule has 0 atom stereocenters. The lowest BCUT2D eigenvalue weighted by Gasteiger charge is -2.06. The summed E-state index contributed by atoms with van der Waals surface area (Å²) in [7, 11) is 0. The van der Waals surface area contributed by atoms with Crippen LogP contribution in [-0.2, 0) is 6.42 Å². The van der Waals surface area contributed by atoms with Gasteiger partial charge in [-0.25, -0.2) is 0 Å². The van der Waals surface area contributed by atoms with Crippen LogP contribution in [0.15, 0.2) is 47.0 Å². The highest BCUT2D eigenvalue weighted by Gasteiger charge is 2.10. The maximum Gasteiger partial charge on any atom is 0.276 e. The smallest absolute Gasteiger partial charge is 0.276 e. The Kier molecular flexibility index (Phi) is 5.58. The maximum absolute atomic E-state index is 12.1. The van der Waals surface area contributed by atoms with Crippen LogP contribution in [-0.4, -0.2) is 27.8 Å². The molecule has 26 heavy (non-hydrogen) atoms. The minimum Gasteiger partial charge on any atom is -0.369 e. The lowest BCUT2D eigenvalue weighted by Crippen LogP contribution is -2.15. The maximum atomic E-state index is 12.1. The SMILES string of the molecule is Cc1noc(C)c1CCCNc1ccc(C(=O)Nc2ccccc2)nn1. The zero-order valence-corrected chi connectivity index (χ0v) is 14.8. The molecule has 0 bridgehead atoms. The van der Waals surface area contributed by atoms with Gasteiger partial charge in [0.15, 0.2) is 5.69 Å². The molecule has 0 aliphatic rings. The quantitative estimate of drug-likeness (QED) is 0.634. The van der Waals surface area contributed by atoms with Gasteiger partial charge in [0.25, 0.3) is 5.91 Å². The largest absolute Gasteiger partial charge is 0.369 e. The van der Waals surface area contributed by atoms with Gasteiger partial charge in [0.05, 0.1) is 5.69 Å². The van der Waals surface area contributed by atoms with Crippen molar-refractivity contribution in [3.05, 3.63) is 65.2 Å². The van der Waals surface area contributed by atoms with E-state index in [0.717, 1.165) is 42.1 Å². The van der Waals surface area contributed by atoms with E-state index < -0.39 is 0 Å². The lowest BCUT2D eigenvalue weighted by atomic mass is 10.1. The molecule has 0 aliphatic carbocycles. The van der Waals surface area contributed by atoms with Gasteiger partial charge in [-0.3, -0.25) is 4.79 Å². The van der Waals surface area contributed by atoms with Crippen LogP contribution in [0.4, 0.5) is 11.5 Å². The molecule has 134 valence electrons. The summed E-state index contributed by atoms with van der Waals surface area (Å²) in [6.45, 7) is 4.62. The number of benzene rings is 1. The Labute approximate surface area is 151 Å². The van der Waals surface area contributed by atoms with Crippen molar-refractivity contribution in [3.8, 4) is 0 Å². The highest BCUT2D eigenvalue weighted by Crippen LogP contribution is 2.14. The molecule has 7 nitrogen and oxygen atoms in total. The summed E-state index contributed by atoms with van der Waals surface area (Å²) in [5, 5.41) is 18.0. The molecule has 0 spiro atoms. The van der Waals surface area contributed by atoms with Crippen LogP contribution < -0.4 is 10.6 Å². The van der Waals surface area contributed by atoms with Gasteiger partial charge in [0.1, 0.15) is 11.6 Å². The van der Waals surface area contributed by atoms with E-state index in [0.29, 0.717) is 5.82 Å². The third kappa shape index (κ3) is 4.44. The van der Waals surface area contributed by atoms with Crippen LogP contribution in [0.2, 0.25) is 0 Å². The average Bonchev–Trinajstić information content (AvgIpc) is 2.98. The Hall–Kier alpha value is -3.22. The van der Waals surface area contributed by atoms with E-state index in [2.05, 4.69) is 26.0 Å². The Bertz CT molecular complexity index is 840. The number of hydrogen-bond donors (Lipinski definition) is 2. The van der Waals surface area contributed by atoms with Crippen LogP contribution in [0.5, 0.6) is 0 Å². The van der Waals surface area contributed by atoms with Gasteiger partial charge in [-0.2, -0.15) is 0 Å². The standard InChI is InChI=1S/C19H21N5O2/c1-13-16(14(2)26-24-13)9-6-12-20-18-11-10-17(22-23-18)19(25)21-15-7-4-3-5-8-15/h3-5,7-8,10-11H,6,9,12H2,1-2H3,(H,20,23)(H,21,25). The summed E-state index contributed by atoms with van der Waals surface area (Å²) in [5.74, 6) is 1.23. The molecule has 3 rings (SSSR count). The van der Waals surface area contributed by atoms with Crippen molar-refractivity contribution in [3.63, 3.8) is 0 Å². The first-order valence-electron chi connectivity index (χ1n) is 8.49. The summed E-state index contributed by atoms with van der Waals surface area (Å²) < 4.78 is 5.16.